The van der Waals surface area contributed by atoms with Gasteiger partial charge in [-0.25, -0.2) is 9.67 Å². The Labute approximate surface area is 123 Å². The normalized spacial score (nSPS) is 18.9. The molecule has 3 rings (SSSR count). The van der Waals surface area contributed by atoms with Crippen LogP contribution in [0.25, 0.3) is 0 Å². The van der Waals surface area contributed by atoms with E-state index in [1.54, 1.807) is 6.33 Å². The molecule has 1 fully saturated rings. The van der Waals surface area contributed by atoms with Gasteiger partial charge in [0.15, 0.2) is 0 Å². The molecule has 0 aliphatic carbocycles. The molecule has 0 radical (unpaired) electrons. The molecule has 0 aromatic carbocycles. The van der Waals surface area contributed by atoms with Crippen molar-refractivity contribution in [2.24, 2.45) is 0 Å². The fraction of sp³-hybridized carbons (Fsp3) is 0.571. The van der Waals surface area contributed by atoms with Gasteiger partial charge in [0, 0.05) is 18.8 Å². The van der Waals surface area contributed by atoms with E-state index in [1.807, 2.05) is 15.6 Å². The molecule has 21 heavy (non-hydrogen) atoms. The van der Waals surface area contributed by atoms with Gasteiger partial charge >= 0.3 is 0 Å². The fourth-order valence-electron chi connectivity index (χ4n) is 2.79. The number of hydrogen-bond acceptors (Lipinski definition) is 4. The van der Waals surface area contributed by atoms with Crippen LogP contribution in [0.3, 0.4) is 0 Å². The first-order valence-corrected chi connectivity index (χ1v) is 7.45. The number of rotatable bonds is 4. The maximum absolute atomic E-state index is 12.5. The van der Waals surface area contributed by atoms with Gasteiger partial charge in [0.2, 0.25) is 0 Å². The second-order valence-corrected chi connectivity index (χ2v) is 5.45. The Balaban J connectivity index is 1.68. The Kier molecular flexibility index (Phi) is 3.98. The van der Waals surface area contributed by atoms with Crippen molar-refractivity contribution in [3.63, 3.8) is 0 Å². The molecule has 1 aliphatic heterocycles. The molecule has 1 saturated heterocycles. The Morgan fingerprint density at radius 1 is 1.52 bits per heavy atom. The van der Waals surface area contributed by atoms with Crippen molar-refractivity contribution in [3.05, 3.63) is 30.1 Å². The number of aryl methyl sites for hydroxylation is 1. The summed E-state index contributed by atoms with van der Waals surface area (Å²) in [6.07, 6.45) is 7.20. The van der Waals surface area contributed by atoms with Crippen LogP contribution in [-0.2, 0) is 6.42 Å². The molecular weight excluding hydrogens is 268 g/mol. The van der Waals surface area contributed by atoms with Crippen LogP contribution in [0.4, 0.5) is 0 Å². The SMILES string of the molecule is CCCc1cc(C(=O)N2CCCC(n3cncn3)C2)n[nH]1. The van der Waals surface area contributed by atoms with E-state index in [0.29, 0.717) is 12.2 Å². The molecule has 2 aromatic heterocycles. The number of likely N-dealkylation sites (tertiary alicyclic amines) is 1. The van der Waals surface area contributed by atoms with Gasteiger partial charge in [-0.05, 0) is 25.3 Å². The molecular formula is C14H20N6O. The summed E-state index contributed by atoms with van der Waals surface area (Å²) >= 11 is 0. The number of amides is 1. The first-order valence-electron chi connectivity index (χ1n) is 7.45. The second kappa shape index (κ2) is 6.07. The van der Waals surface area contributed by atoms with Crippen LogP contribution in [0.15, 0.2) is 18.7 Å². The van der Waals surface area contributed by atoms with Crippen molar-refractivity contribution in [1.82, 2.24) is 29.9 Å². The minimum atomic E-state index is -0.00146. The predicted molar refractivity (Wildman–Crippen MR) is 76.8 cm³/mol. The summed E-state index contributed by atoms with van der Waals surface area (Å²) in [5, 5.41) is 11.3. The number of piperidine rings is 1. The van der Waals surface area contributed by atoms with E-state index < -0.39 is 0 Å². The van der Waals surface area contributed by atoms with E-state index in [0.717, 1.165) is 37.9 Å². The molecule has 7 nitrogen and oxygen atoms in total. The third-order valence-corrected chi connectivity index (χ3v) is 3.86. The van der Waals surface area contributed by atoms with Crippen LogP contribution < -0.4 is 0 Å². The summed E-state index contributed by atoms with van der Waals surface area (Å²) in [6, 6.07) is 2.07. The molecule has 1 atom stereocenters. The summed E-state index contributed by atoms with van der Waals surface area (Å²) in [5.74, 6) is -0.00146. The number of hydrogen-bond donors (Lipinski definition) is 1. The third kappa shape index (κ3) is 2.96. The largest absolute Gasteiger partial charge is 0.335 e. The van der Waals surface area contributed by atoms with E-state index in [1.165, 1.54) is 6.33 Å². The zero-order valence-electron chi connectivity index (χ0n) is 12.2. The minimum Gasteiger partial charge on any atom is -0.335 e. The average molecular weight is 288 g/mol. The Bertz CT molecular complexity index is 590. The maximum atomic E-state index is 12.5. The minimum absolute atomic E-state index is 0.00146. The molecule has 0 saturated carbocycles. The lowest BCUT2D eigenvalue weighted by molar-refractivity contribution is 0.0666. The summed E-state index contributed by atoms with van der Waals surface area (Å²) in [6.45, 7) is 3.55. The highest BCUT2D eigenvalue weighted by atomic mass is 16.2. The van der Waals surface area contributed by atoms with Crippen LogP contribution in [0.2, 0.25) is 0 Å². The average Bonchev–Trinajstić information content (AvgIpc) is 3.18. The van der Waals surface area contributed by atoms with Gasteiger partial charge in [0.25, 0.3) is 5.91 Å². The maximum Gasteiger partial charge on any atom is 0.274 e. The number of aromatic nitrogens is 5. The van der Waals surface area contributed by atoms with Gasteiger partial charge in [-0.15, -0.1) is 0 Å². The van der Waals surface area contributed by atoms with Crippen LogP contribution >= 0.6 is 0 Å². The van der Waals surface area contributed by atoms with Gasteiger partial charge in [0.1, 0.15) is 18.3 Å². The van der Waals surface area contributed by atoms with E-state index in [9.17, 15) is 4.79 Å². The van der Waals surface area contributed by atoms with Gasteiger partial charge in [-0.3, -0.25) is 9.89 Å². The number of nitrogens with zero attached hydrogens (tertiary/aromatic N) is 5. The zero-order chi connectivity index (χ0) is 14.7. The number of H-pyrrole nitrogens is 1. The highest BCUT2D eigenvalue weighted by Gasteiger charge is 2.27. The Morgan fingerprint density at radius 3 is 3.19 bits per heavy atom. The number of carbonyl (C=O) groups is 1. The summed E-state index contributed by atoms with van der Waals surface area (Å²) in [4.78, 5) is 18.4. The fourth-order valence-corrected chi connectivity index (χ4v) is 2.79. The molecule has 0 spiro atoms. The molecule has 112 valence electrons. The number of carbonyl (C=O) groups excluding carboxylic acids is 1. The Morgan fingerprint density at radius 2 is 2.43 bits per heavy atom. The van der Waals surface area contributed by atoms with Crippen LogP contribution in [-0.4, -0.2) is 48.9 Å². The molecule has 1 unspecified atom stereocenters. The van der Waals surface area contributed by atoms with Crippen LogP contribution in [0.5, 0.6) is 0 Å². The van der Waals surface area contributed by atoms with E-state index in [2.05, 4.69) is 27.2 Å². The molecule has 1 amide bonds. The highest BCUT2D eigenvalue weighted by Crippen LogP contribution is 2.21. The van der Waals surface area contributed by atoms with Gasteiger partial charge in [-0.2, -0.15) is 10.2 Å². The van der Waals surface area contributed by atoms with Gasteiger partial charge in [-0.1, -0.05) is 13.3 Å². The molecule has 7 heteroatoms. The Hall–Kier alpha value is -2.18. The van der Waals surface area contributed by atoms with E-state index in [-0.39, 0.29) is 11.9 Å². The van der Waals surface area contributed by atoms with E-state index >= 15 is 0 Å². The number of aromatic amines is 1. The van der Waals surface area contributed by atoms with Crippen molar-refractivity contribution in [3.8, 4) is 0 Å². The standard InChI is InChI=1S/C14H20N6O/c1-2-4-11-7-13(18-17-11)14(21)19-6-3-5-12(8-19)20-10-15-9-16-20/h7,9-10,12H,2-6,8H2,1H3,(H,17,18). The molecule has 3 heterocycles. The number of nitrogens with one attached hydrogen (secondary N) is 1. The zero-order valence-corrected chi connectivity index (χ0v) is 12.2. The van der Waals surface area contributed by atoms with Crippen molar-refractivity contribution in [2.45, 2.75) is 38.6 Å². The lowest BCUT2D eigenvalue weighted by Crippen LogP contribution is -2.41. The van der Waals surface area contributed by atoms with Crippen molar-refractivity contribution >= 4 is 5.91 Å². The van der Waals surface area contributed by atoms with Gasteiger partial charge in [0.05, 0.1) is 6.04 Å². The van der Waals surface area contributed by atoms with Gasteiger partial charge < -0.3 is 4.90 Å². The lowest BCUT2D eigenvalue weighted by atomic mass is 10.1. The quantitative estimate of drug-likeness (QED) is 0.923. The van der Waals surface area contributed by atoms with Crippen molar-refractivity contribution in [1.29, 1.82) is 0 Å². The van der Waals surface area contributed by atoms with Crippen molar-refractivity contribution in [2.75, 3.05) is 13.1 Å². The summed E-state index contributed by atoms with van der Waals surface area (Å²) in [7, 11) is 0. The first-order chi connectivity index (χ1) is 10.3. The van der Waals surface area contributed by atoms with Crippen LogP contribution in [0, 0.1) is 0 Å². The van der Waals surface area contributed by atoms with Crippen molar-refractivity contribution < 1.29 is 4.79 Å². The second-order valence-electron chi connectivity index (χ2n) is 5.45. The first kappa shape index (κ1) is 13.8. The smallest absolute Gasteiger partial charge is 0.274 e. The molecule has 1 aliphatic rings. The lowest BCUT2D eigenvalue weighted by Gasteiger charge is -2.32. The molecule has 1 N–H and O–H groups in total. The molecule has 0 bridgehead atoms. The summed E-state index contributed by atoms with van der Waals surface area (Å²) in [5.41, 5.74) is 1.53. The van der Waals surface area contributed by atoms with E-state index in [4.69, 9.17) is 0 Å². The predicted octanol–water partition coefficient (Wildman–Crippen LogP) is 1.43. The third-order valence-electron chi connectivity index (χ3n) is 3.86. The topological polar surface area (TPSA) is 79.7 Å². The highest BCUT2D eigenvalue weighted by molar-refractivity contribution is 5.92. The van der Waals surface area contributed by atoms with Crippen LogP contribution in [0.1, 0.15) is 48.4 Å². The summed E-state index contributed by atoms with van der Waals surface area (Å²) < 4.78 is 1.84. The molecule has 2 aromatic rings. The monoisotopic (exact) mass is 288 g/mol.